The van der Waals surface area contributed by atoms with Gasteiger partial charge >= 0.3 is 0 Å². The first-order valence-corrected chi connectivity index (χ1v) is 13.2. The number of carbonyl (C=O) groups excluding carboxylic acids is 2. The first-order valence-electron chi connectivity index (χ1n) is 11.6. The highest BCUT2D eigenvalue weighted by Crippen LogP contribution is 2.17. The third-order valence-corrected chi connectivity index (χ3v) is 7.77. The van der Waals surface area contributed by atoms with Crippen LogP contribution in [0.25, 0.3) is 10.8 Å². The highest BCUT2D eigenvalue weighted by molar-refractivity contribution is 7.88. The average Bonchev–Trinajstić information content (AvgIpc) is 2.88. The van der Waals surface area contributed by atoms with Crippen LogP contribution in [0.15, 0.2) is 66.7 Å². The highest BCUT2D eigenvalue weighted by Gasteiger charge is 2.25. The van der Waals surface area contributed by atoms with Crippen LogP contribution in [-0.2, 0) is 31.9 Å². The monoisotopic (exact) mass is 495 g/mol. The van der Waals surface area contributed by atoms with Crippen LogP contribution in [0.5, 0.6) is 0 Å². The molecule has 0 radical (unpaired) electrons. The number of nitrogens with zero attached hydrogens (tertiary/aromatic N) is 1. The van der Waals surface area contributed by atoms with Crippen LogP contribution in [0.3, 0.4) is 0 Å². The quantitative estimate of drug-likeness (QED) is 0.475. The van der Waals surface area contributed by atoms with Crippen LogP contribution in [0.2, 0.25) is 0 Å². The predicted molar refractivity (Wildman–Crippen MR) is 134 cm³/mol. The Bertz CT molecular complexity index is 1300. The first-order chi connectivity index (χ1) is 16.9. The molecule has 0 atom stereocenters. The van der Waals surface area contributed by atoms with Crippen molar-refractivity contribution in [2.24, 2.45) is 0 Å². The topological polar surface area (TPSA) is 105 Å². The molecule has 4 rings (SSSR count). The summed E-state index contributed by atoms with van der Waals surface area (Å²) in [5.41, 5.74) is 1.95. The van der Waals surface area contributed by atoms with Crippen molar-refractivity contribution in [2.75, 3.05) is 32.8 Å². The smallest absolute Gasteiger partial charge is 0.251 e. The van der Waals surface area contributed by atoms with E-state index in [2.05, 4.69) is 10.6 Å². The molecule has 1 heterocycles. The number of sulfonamides is 1. The molecule has 3 aromatic rings. The molecule has 0 aromatic heterocycles. The van der Waals surface area contributed by atoms with E-state index in [0.29, 0.717) is 37.4 Å². The molecule has 0 aliphatic carbocycles. The number of rotatable bonds is 9. The SMILES string of the molecule is O=C(CCNC(=O)c1ccc2ccccc2c1)NCc1ccccc1CS(=O)(=O)N1CCOCC1. The number of hydrogen-bond donors (Lipinski definition) is 2. The molecule has 35 heavy (non-hydrogen) atoms. The molecule has 1 aliphatic rings. The lowest BCUT2D eigenvalue weighted by molar-refractivity contribution is -0.121. The lowest BCUT2D eigenvalue weighted by Gasteiger charge is -2.26. The van der Waals surface area contributed by atoms with E-state index in [1.165, 1.54) is 4.31 Å². The standard InChI is InChI=1S/C26H29N3O5S/c30-25(11-12-27-26(31)22-10-9-20-5-1-2-6-21(20)17-22)28-18-23-7-3-4-8-24(23)19-35(32,33)29-13-15-34-16-14-29/h1-10,17H,11-16,18-19H2,(H,27,31)(H,28,30). The Hall–Kier alpha value is -3.27. The van der Waals surface area contributed by atoms with Crippen molar-refractivity contribution in [1.29, 1.82) is 0 Å². The van der Waals surface area contributed by atoms with Gasteiger partial charge in [0.25, 0.3) is 5.91 Å². The van der Waals surface area contributed by atoms with Crippen molar-refractivity contribution in [3.63, 3.8) is 0 Å². The summed E-state index contributed by atoms with van der Waals surface area (Å²) >= 11 is 0. The second kappa shape index (κ2) is 11.4. The third-order valence-electron chi connectivity index (χ3n) is 5.95. The van der Waals surface area contributed by atoms with Gasteiger partial charge in [0.2, 0.25) is 15.9 Å². The first kappa shape index (κ1) is 24.8. The molecule has 1 aliphatic heterocycles. The summed E-state index contributed by atoms with van der Waals surface area (Å²) in [7, 11) is -3.47. The van der Waals surface area contributed by atoms with Gasteiger partial charge < -0.3 is 15.4 Å². The predicted octanol–water partition coefficient (Wildman–Crippen LogP) is 2.44. The molecule has 2 amide bonds. The van der Waals surface area contributed by atoms with Crippen molar-refractivity contribution in [3.8, 4) is 0 Å². The second-order valence-electron chi connectivity index (χ2n) is 8.38. The number of carbonyl (C=O) groups is 2. The molecule has 0 bridgehead atoms. The molecule has 3 aromatic carbocycles. The fourth-order valence-electron chi connectivity index (χ4n) is 3.99. The van der Waals surface area contributed by atoms with Gasteiger partial charge in [-0.1, -0.05) is 54.6 Å². The number of fused-ring (bicyclic) bond motifs is 1. The molecule has 1 saturated heterocycles. The van der Waals surface area contributed by atoms with Gasteiger partial charge in [-0.25, -0.2) is 8.42 Å². The normalized spacial score (nSPS) is 14.5. The fourth-order valence-corrected chi connectivity index (χ4v) is 5.55. The lowest BCUT2D eigenvalue weighted by Crippen LogP contribution is -2.41. The van der Waals surface area contributed by atoms with E-state index in [1.54, 1.807) is 18.2 Å². The summed E-state index contributed by atoms with van der Waals surface area (Å²) in [6.45, 7) is 1.91. The Kier molecular flexibility index (Phi) is 8.12. The molecule has 1 fully saturated rings. The number of benzene rings is 3. The van der Waals surface area contributed by atoms with E-state index in [1.807, 2.05) is 48.5 Å². The number of hydrogen-bond acceptors (Lipinski definition) is 5. The zero-order valence-corrected chi connectivity index (χ0v) is 20.2. The van der Waals surface area contributed by atoms with E-state index in [4.69, 9.17) is 4.74 Å². The third kappa shape index (κ3) is 6.66. The largest absolute Gasteiger partial charge is 0.379 e. The molecule has 2 N–H and O–H groups in total. The Morgan fingerprint density at radius 2 is 1.54 bits per heavy atom. The minimum Gasteiger partial charge on any atom is -0.379 e. The minimum absolute atomic E-state index is 0.119. The van der Waals surface area contributed by atoms with E-state index in [0.717, 1.165) is 16.3 Å². The molecule has 0 unspecified atom stereocenters. The molecule has 0 saturated carbocycles. The van der Waals surface area contributed by atoms with E-state index >= 15 is 0 Å². The summed E-state index contributed by atoms with van der Waals surface area (Å²) in [5.74, 6) is -0.585. The summed E-state index contributed by atoms with van der Waals surface area (Å²) in [4.78, 5) is 24.8. The highest BCUT2D eigenvalue weighted by atomic mass is 32.2. The summed E-state index contributed by atoms with van der Waals surface area (Å²) in [6.07, 6.45) is 0.119. The maximum absolute atomic E-state index is 12.8. The number of ether oxygens (including phenoxy) is 1. The average molecular weight is 496 g/mol. The summed E-state index contributed by atoms with van der Waals surface area (Å²) in [6, 6.07) is 20.5. The van der Waals surface area contributed by atoms with Crippen molar-refractivity contribution < 1.29 is 22.7 Å². The van der Waals surface area contributed by atoms with Gasteiger partial charge in [0, 0.05) is 38.2 Å². The molecular weight excluding hydrogens is 466 g/mol. The van der Waals surface area contributed by atoms with E-state index < -0.39 is 10.0 Å². The van der Waals surface area contributed by atoms with Crippen LogP contribution in [0.1, 0.15) is 27.9 Å². The zero-order chi connectivity index (χ0) is 24.7. The molecular formula is C26H29N3O5S. The van der Waals surface area contributed by atoms with Gasteiger partial charge in [-0.05, 0) is 34.0 Å². The van der Waals surface area contributed by atoms with Crippen LogP contribution in [0.4, 0.5) is 0 Å². The minimum atomic E-state index is -3.47. The van der Waals surface area contributed by atoms with Crippen LogP contribution in [0, 0.1) is 0 Å². The Morgan fingerprint density at radius 1 is 0.857 bits per heavy atom. The van der Waals surface area contributed by atoms with Crippen molar-refractivity contribution in [3.05, 3.63) is 83.4 Å². The maximum Gasteiger partial charge on any atom is 0.251 e. The molecule has 184 valence electrons. The lowest BCUT2D eigenvalue weighted by atomic mass is 10.1. The van der Waals surface area contributed by atoms with Crippen LogP contribution in [-0.4, -0.2) is 57.4 Å². The van der Waals surface area contributed by atoms with Crippen molar-refractivity contribution >= 4 is 32.6 Å². The van der Waals surface area contributed by atoms with Gasteiger partial charge in [-0.15, -0.1) is 0 Å². The van der Waals surface area contributed by atoms with Gasteiger partial charge in [0.1, 0.15) is 0 Å². The van der Waals surface area contributed by atoms with Crippen LogP contribution < -0.4 is 10.6 Å². The Morgan fingerprint density at radius 3 is 2.31 bits per heavy atom. The molecule has 8 nitrogen and oxygen atoms in total. The molecule has 9 heteroatoms. The summed E-state index contributed by atoms with van der Waals surface area (Å²) in [5, 5.41) is 7.64. The van der Waals surface area contributed by atoms with Gasteiger partial charge in [0.15, 0.2) is 0 Å². The summed E-state index contributed by atoms with van der Waals surface area (Å²) < 4.78 is 32.3. The van der Waals surface area contributed by atoms with Crippen molar-refractivity contribution in [2.45, 2.75) is 18.7 Å². The number of amides is 2. The Labute approximate surface area is 205 Å². The fraction of sp³-hybridized carbons (Fsp3) is 0.308. The number of nitrogens with one attached hydrogen (secondary N) is 2. The second-order valence-corrected chi connectivity index (χ2v) is 10.3. The van der Waals surface area contributed by atoms with Crippen LogP contribution >= 0.6 is 0 Å². The van der Waals surface area contributed by atoms with Gasteiger partial charge in [-0.3, -0.25) is 9.59 Å². The maximum atomic E-state index is 12.8. The Balaban J connectivity index is 1.26. The van der Waals surface area contributed by atoms with E-state index in [9.17, 15) is 18.0 Å². The van der Waals surface area contributed by atoms with Crippen molar-refractivity contribution in [1.82, 2.24) is 14.9 Å². The van der Waals surface area contributed by atoms with Gasteiger partial charge in [0.05, 0.1) is 19.0 Å². The number of morpholine rings is 1. The molecule has 0 spiro atoms. The zero-order valence-electron chi connectivity index (χ0n) is 19.4. The van der Waals surface area contributed by atoms with E-state index in [-0.39, 0.29) is 37.1 Å². The van der Waals surface area contributed by atoms with Gasteiger partial charge in [-0.2, -0.15) is 4.31 Å².